The van der Waals surface area contributed by atoms with E-state index in [9.17, 15) is 14.0 Å². The largest absolute Gasteiger partial charge is 0.496 e. The Morgan fingerprint density at radius 1 is 1.17 bits per heavy atom. The number of ether oxygens (including phenoxy) is 1. The van der Waals surface area contributed by atoms with Crippen molar-refractivity contribution in [3.8, 4) is 5.75 Å². The minimum atomic E-state index is -0.578. The minimum absolute atomic E-state index is 0.0410. The number of rotatable bonds is 6. The van der Waals surface area contributed by atoms with E-state index in [-0.39, 0.29) is 23.8 Å². The molecule has 2 N–H and O–H groups in total. The van der Waals surface area contributed by atoms with Crippen molar-refractivity contribution >= 4 is 17.5 Å². The minimum Gasteiger partial charge on any atom is -0.496 e. The highest BCUT2D eigenvalue weighted by molar-refractivity contribution is 6.01. The Kier molecular flexibility index (Phi) is 5.89. The summed E-state index contributed by atoms with van der Waals surface area (Å²) < 4.78 is 18.3. The molecule has 0 aliphatic rings. The molecule has 0 atom stereocenters. The molecule has 0 bridgehead atoms. The van der Waals surface area contributed by atoms with E-state index in [0.717, 1.165) is 18.1 Å². The lowest BCUT2D eigenvalue weighted by atomic mass is 10.1. The van der Waals surface area contributed by atoms with Gasteiger partial charge in [-0.25, -0.2) is 4.39 Å². The van der Waals surface area contributed by atoms with Gasteiger partial charge in [-0.3, -0.25) is 9.59 Å². The number of methoxy groups -OCH3 is 1. The van der Waals surface area contributed by atoms with Crippen LogP contribution in [-0.4, -0.2) is 25.5 Å². The molecule has 126 valence electrons. The van der Waals surface area contributed by atoms with Crippen LogP contribution < -0.4 is 15.4 Å². The van der Waals surface area contributed by atoms with Crippen molar-refractivity contribution in [3.63, 3.8) is 0 Å². The number of para-hydroxylation sites is 1. The van der Waals surface area contributed by atoms with Gasteiger partial charge in [0.1, 0.15) is 11.6 Å². The molecule has 0 heterocycles. The van der Waals surface area contributed by atoms with Gasteiger partial charge in [-0.1, -0.05) is 25.1 Å². The van der Waals surface area contributed by atoms with E-state index in [0.29, 0.717) is 5.69 Å². The van der Waals surface area contributed by atoms with Crippen LogP contribution in [0.5, 0.6) is 5.75 Å². The van der Waals surface area contributed by atoms with Crippen molar-refractivity contribution in [2.45, 2.75) is 13.3 Å². The third kappa shape index (κ3) is 4.32. The van der Waals surface area contributed by atoms with E-state index in [1.807, 2.05) is 25.1 Å². The molecule has 0 aliphatic carbocycles. The van der Waals surface area contributed by atoms with Gasteiger partial charge in [0.25, 0.3) is 5.91 Å². The number of hydrogen-bond donors (Lipinski definition) is 2. The zero-order valence-corrected chi connectivity index (χ0v) is 13.6. The SMILES string of the molecule is CCc1ccccc1NC(=O)CNC(=O)c1cc(F)ccc1OC. The molecule has 2 aromatic rings. The van der Waals surface area contributed by atoms with Crippen LogP contribution in [0.25, 0.3) is 0 Å². The standard InChI is InChI=1S/C18H19FN2O3/c1-3-12-6-4-5-7-15(12)21-17(22)11-20-18(23)14-10-13(19)8-9-16(14)24-2/h4-10H,3,11H2,1-2H3,(H,20,23)(H,21,22). The highest BCUT2D eigenvalue weighted by Crippen LogP contribution is 2.19. The predicted octanol–water partition coefficient (Wildman–Crippen LogP) is 2.77. The Balaban J connectivity index is 1.99. The van der Waals surface area contributed by atoms with Gasteiger partial charge in [-0.05, 0) is 36.2 Å². The maximum absolute atomic E-state index is 13.3. The summed E-state index contributed by atoms with van der Waals surface area (Å²) in [5.74, 6) is -1.25. The molecule has 0 unspecified atom stereocenters. The van der Waals surface area contributed by atoms with Crippen molar-refractivity contribution in [2.24, 2.45) is 0 Å². The number of carbonyl (C=O) groups excluding carboxylic acids is 2. The zero-order chi connectivity index (χ0) is 17.5. The zero-order valence-electron chi connectivity index (χ0n) is 13.6. The van der Waals surface area contributed by atoms with Gasteiger partial charge in [0.15, 0.2) is 0 Å². The predicted molar refractivity (Wildman–Crippen MR) is 89.7 cm³/mol. The van der Waals surface area contributed by atoms with E-state index in [2.05, 4.69) is 10.6 Å². The average molecular weight is 330 g/mol. The molecule has 0 radical (unpaired) electrons. The summed E-state index contributed by atoms with van der Waals surface area (Å²) in [5, 5.41) is 5.21. The van der Waals surface area contributed by atoms with Gasteiger partial charge < -0.3 is 15.4 Å². The quantitative estimate of drug-likeness (QED) is 0.856. The number of anilines is 1. The first-order chi connectivity index (χ1) is 11.5. The molecule has 5 nitrogen and oxygen atoms in total. The fourth-order valence-corrected chi connectivity index (χ4v) is 2.26. The number of benzene rings is 2. The second-order valence-electron chi connectivity index (χ2n) is 5.09. The number of aryl methyl sites for hydroxylation is 1. The van der Waals surface area contributed by atoms with Gasteiger partial charge in [-0.2, -0.15) is 0 Å². The van der Waals surface area contributed by atoms with Crippen LogP contribution >= 0.6 is 0 Å². The molecule has 2 amide bonds. The molecule has 2 aromatic carbocycles. The molecule has 0 saturated heterocycles. The lowest BCUT2D eigenvalue weighted by molar-refractivity contribution is -0.115. The third-order valence-electron chi connectivity index (χ3n) is 3.49. The second kappa shape index (κ2) is 8.10. The molecule has 6 heteroatoms. The summed E-state index contributed by atoms with van der Waals surface area (Å²) in [6.07, 6.45) is 0.781. The fourth-order valence-electron chi connectivity index (χ4n) is 2.26. The highest BCUT2D eigenvalue weighted by atomic mass is 19.1. The van der Waals surface area contributed by atoms with E-state index in [1.165, 1.54) is 19.2 Å². The Morgan fingerprint density at radius 2 is 1.92 bits per heavy atom. The highest BCUT2D eigenvalue weighted by Gasteiger charge is 2.14. The van der Waals surface area contributed by atoms with Crippen molar-refractivity contribution in [2.75, 3.05) is 19.0 Å². The molecule has 0 spiro atoms. The summed E-state index contributed by atoms with van der Waals surface area (Å²) in [7, 11) is 1.39. The number of hydrogen-bond acceptors (Lipinski definition) is 3. The lowest BCUT2D eigenvalue weighted by Gasteiger charge is -2.11. The molecular formula is C18H19FN2O3. The van der Waals surface area contributed by atoms with Crippen LogP contribution in [0.15, 0.2) is 42.5 Å². The van der Waals surface area contributed by atoms with Crippen molar-refractivity contribution in [3.05, 3.63) is 59.4 Å². The average Bonchev–Trinajstić information content (AvgIpc) is 2.60. The van der Waals surface area contributed by atoms with Crippen LogP contribution in [0.2, 0.25) is 0 Å². The van der Waals surface area contributed by atoms with Crippen LogP contribution in [0.3, 0.4) is 0 Å². The van der Waals surface area contributed by atoms with Crippen molar-refractivity contribution < 1.29 is 18.7 Å². The van der Waals surface area contributed by atoms with Crippen molar-refractivity contribution in [1.29, 1.82) is 0 Å². The van der Waals surface area contributed by atoms with E-state index in [4.69, 9.17) is 4.74 Å². The Hall–Kier alpha value is -2.89. The fraction of sp³-hybridized carbons (Fsp3) is 0.222. The molecule has 0 aliphatic heterocycles. The van der Waals surface area contributed by atoms with Crippen LogP contribution in [0, 0.1) is 5.82 Å². The van der Waals surface area contributed by atoms with Crippen LogP contribution in [-0.2, 0) is 11.2 Å². The number of halogens is 1. The summed E-state index contributed by atoms with van der Waals surface area (Å²) in [6.45, 7) is 1.76. The monoisotopic (exact) mass is 330 g/mol. The third-order valence-corrected chi connectivity index (χ3v) is 3.49. The van der Waals surface area contributed by atoms with Gasteiger partial charge in [0.2, 0.25) is 5.91 Å². The number of carbonyl (C=O) groups is 2. The Bertz CT molecular complexity index is 747. The first-order valence-corrected chi connectivity index (χ1v) is 7.54. The van der Waals surface area contributed by atoms with Gasteiger partial charge in [-0.15, -0.1) is 0 Å². The number of amides is 2. The first kappa shape index (κ1) is 17.5. The first-order valence-electron chi connectivity index (χ1n) is 7.54. The Morgan fingerprint density at radius 3 is 2.62 bits per heavy atom. The van der Waals surface area contributed by atoms with Gasteiger partial charge in [0, 0.05) is 5.69 Å². The van der Waals surface area contributed by atoms with Crippen LogP contribution in [0.4, 0.5) is 10.1 Å². The second-order valence-corrected chi connectivity index (χ2v) is 5.09. The lowest BCUT2D eigenvalue weighted by Crippen LogP contribution is -2.33. The molecular weight excluding hydrogens is 311 g/mol. The topological polar surface area (TPSA) is 67.4 Å². The summed E-state index contributed by atoms with van der Waals surface area (Å²) in [6, 6.07) is 11.1. The van der Waals surface area contributed by atoms with E-state index >= 15 is 0 Å². The summed E-state index contributed by atoms with van der Waals surface area (Å²) >= 11 is 0. The molecule has 2 rings (SSSR count). The van der Waals surface area contributed by atoms with E-state index in [1.54, 1.807) is 6.07 Å². The maximum Gasteiger partial charge on any atom is 0.255 e. The summed E-state index contributed by atoms with van der Waals surface area (Å²) in [5.41, 5.74) is 1.76. The van der Waals surface area contributed by atoms with E-state index < -0.39 is 11.7 Å². The van der Waals surface area contributed by atoms with Crippen LogP contribution in [0.1, 0.15) is 22.8 Å². The molecule has 0 fully saturated rings. The Labute approximate surface area is 139 Å². The van der Waals surface area contributed by atoms with Crippen molar-refractivity contribution in [1.82, 2.24) is 5.32 Å². The smallest absolute Gasteiger partial charge is 0.255 e. The molecule has 0 aromatic heterocycles. The van der Waals surface area contributed by atoms with Gasteiger partial charge >= 0.3 is 0 Å². The van der Waals surface area contributed by atoms with Gasteiger partial charge in [0.05, 0.1) is 19.2 Å². The summed E-state index contributed by atoms with van der Waals surface area (Å²) in [4.78, 5) is 24.1. The molecule has 24 heavy (non-hydrogen) atoms. The number of nitrogens with one attached hydrogen (secondary N) is 2. The maximum atomic E-state index is 13.3. The molecule has 0 saturated carbocycles. The normalized spacial score (nSPS) is 10.1.